The fraction of sp³-hybridized carbons (Fsp3) is 0.588. The molecule has 0 radical (unpaired) electrons. The molecule has 0 N–H and O–H groups in total. The quantitative estimate of drug-likeness (QED) is 0.798. The van der Waals surface area contributed by atoms with E-state index < -0.39 is 0 Å². The zero-order valence-electron chi connectivity index (χ0n) is 13.6. The summed E-state index contributed by atoms with van der Waals surface area (Å²) in [5.41, 5.74) is 2.40. The minimum absolute atomic E-state index is 0.168. The van der Waals surface area contributed by atoms with Crippen molar-refractivity contribution in [3.05, 3.63) is 22.9 Å². The normalized spacial score (nSPS) is 18.1. The summed E-state index contributed by atoms with van der Waals surface area (Å²) < 4.78 is 0. The second kappa shape index (κ2) is 7.64. The molecule has 1 saturated heterocycles. The Bertz CT molecular complexity index is 594. The Morgan fingerprint density at radius 2 is 2.27 bits per heavy atom. The van der Waals surface area contributed by atoms with Crippen LogP contribution in [-0.2, 0) is 4.79 Å². The predicted molar refractivity (Wildman–Crippen MR) is 88.8 cm³/mol. The number of aryl methyl sites for hydroxylation is 2. The number of pyridine rings is 1. The molecule has 2 rings (SSSR count). The smallest absolute Gasteiger partial charge is 0.233 e. The molecule has 2 heterocycles. The van der Waals surface area contributed by atoms with E-state index >= 15 is 0 Å². The first kappa shape index (κ1) is 16.8. The number of hydrogen-bond acceptors (Lipinski definition) is 4. The highest BCUT2D eigenvalue weighted by atomic mass is 32.2. The zero-order chi connectivity index (χ0) is 16.1. The van der Waals surface area contributed by atoms with Crippen LogP contribution in [0, 0.1) is 25.2 Å². The average Bonchev–Trinajstić information content (AvgIpc) is 2.52. The molecule has 0 unspecified atom stereocenters. The summed E-state index contributed by atoms with van der Waals surface area (Å²) in [5, 5.41) is 9.96. The van der Waals surface area contributed by atoms with Crippen molar-refractivity contribution >= 4 is 17.7 Å². The summed E-state index contributed by atoms with van der Waals surface area (Å²) in [4.78, 5) is 19.0. The summed E-state index contributed by atoms with van der Waals surface area (Å²) in [5.74, 6) is 0.530. The minimum atomic E-state index is 0.168. The Labute approximate surface area is 136 Å². The lowest BCUT2D eigenvalue weighted by molar-refractivity contribution is -0.132. The van der Waals surface area contributed by atoms with Crippen LogP contribution in [0.5, 0.6) is 0 Å². The van der Waals surface area contributed by atoms with Gasteiger partial charge in [0.05, 0.1) is 11.3 Å². The van der Waals surface area contributed by atoms with Crippen LogP contribution in [-0.4, -0.2) is 34.1 Å². The van der Waals surface area contributed by atoms with Crippen molar-refractivity contribution in [2.45, 2.75) is 57.5 Å². The van der Waals surface area contributed by atoms with Crippen molar-refractivity contribution in [1.82, 2.24) is 9.88 Å². The van der Waals surface area contributed by atoms with Crippen molar-refractivity contribution in [3.63, 3.8) is 0 Å². The monoisotopic (exact) mass is 317 g/mol. The second-order valence-corrected chi connectivity index (χ2v) is 6.77. The van der Waals surface area contributed by atoms with E-state index in [-0.39, 0.29) is 5.91 Å². The fourth-order valence-electron chi connectivity index (χ4n) is 3.01. The Morgan fingerprint density at radius 1 is 1.50 bits per heavy atom. The van der Waals surface area contributed by atoms with Gasteiger partial charge in [-0.05, 0) is 51.2 Å². The summed E-state index contributed by atoms with van der Waals surface area (Å²) in [7, 11) is 0. The molecule has 0 saturated carbocycles. The van der Waals surface area contributed by atoms with E-state index in [2.05, 4.69) is 18.0 Å². The summed E-state index contributed by atoms with van der Waals surface area (Å²) in [6, 6.07) is 4.49. The predicted octanol–water partition coefficient (Wildman–Crippen LogP) is 3.45. The van der Waals surface area contributed by atoms with Crippen LogP contribution in [0.25, 0.3) is 0 Å². The molecule has 1 aromatic rings. The molecule has 0 spiro atoms. The van der Waals surface area contributed by atoms with Crippen LogP contribution < -0.4 is 0 Å². The third-order valence-corrected chi connectivity index (χ3v) is 5.13. The third-order valence-electron chi connectivity index (χ3n) is 4.17. The third kappa shape index (κ3) is 3.80. The molecular weight excluding hydrogens is 294 g/mol. The molecule has 1 aliphatic heterocycles. The Kier molecular flexibility index (Phi) is 5.84. The number of rotatable bonds is 4. The summed E-state index contributed by atoms with van der Waals surface area (Å²) >= 11 is 1.39. The van der Waals surface area contributed by atoms with Gasteiger partial charge in [-0.25, -0.2) is 4.98 Å². The molecule has 0 aromatic carbocycles. The number of amides is 1. The average molecular weight is 317 g/mol. The van der Waals surface area contributed by atoms with Crippen LogP contribution >= 0.6 is 11.8 Å². The molecule has 0 bridgehead atoms. The lowest BCUT2D eigenvalue weighted by atomic mass is 10.0. The molecule has 1 fully saturated rings. The van der Waals surface area contributed by atoms with Crippen LogP contribution in [0.15, 0.2) is 11.1 Å². The first-order valence-corrected chi connectivity index (χ1v) is 8.86. The van der Waals surface area contributed by atoms with Gasteiger partial charge in [0.25, 0.3) is 0 Å². The van der Waals surface area contributed by atoms with Gasteiger partial charge in [0.2, 0.25) is 5.91 Å². The van der Waals surface area contributed by atoms with Crippen molar-refractivity contribution < 1.29 is 4.79 Å². The van der Waals surface area contributed by atoms with E-state index in [9.17, 15) is 10.1 Å². The van der Waals surface area contributed by atoms with Gasteiger partial charge in [0.15, 0.2) is 0 Å². The number of nitriles is 1. The molecule has 1 atom stereocenters. The van der Waals surface area contributed by atoms with Crippen LogP contribution in [0.4, 0.5) is 0 Å². The number of likely N-dealkylation sites (tertiary alicyclic amines) is 1. The minimum Gasteiger partial charge on any atom is -0.339 e. The summed E-state index contributed by atoms with van der Waals surface area (Å²) in [6.07, 6.45) is 4.44. The Morgan fingerprint density at radius 3 is 2.95 bits per heavy atom. The van der Waals surface area contributed by atoms with Gasteiger partial charge in [-0.1, -0.05) is 18.7 Å². The fourth-order valence-corrected chi connectivity index (χ4v) is 3.99. The first-order valence-electron chi connectivity index (χ1n) is 7.87. The van der Waals surface area contributed by atoms with E-state index in [0.29, 0.717) is 22.4 Å². The van der Waals surface area contributed by atoms with Crippen molar-refractivity contribution in [2.75, 3.05) is 12.3 Å². The standard InChI is InChI=1S/C17H23N3OS/c1-4-14-7-5-6-8-20(14)16(21)11-22-17-15(10-18)12(2)9-13(3)19-17/h9,14H,4-8,11H2,1-3H3/t14-/m0/s1. The molecule has 1 aliphatic rings. The number of carbonyl (C=O) groups is 1. The lowest BCUT2D eigenvalue weighted by Crippen LogP contribution is -2.44. The van der Waals surface area contributed by atoms with Gasteiger partial charge in [-0.3, -0.25) is 4.79 Å². The number of piperidine rings is 1. The molecule has 5 heteroatoms. The number of thioether (sulfide) groups is 1. The highest BCUT2D eigenvalue weighted by Gasteiger charge is 2.25. The molecule has 4 nitrogen and oxygen atoms in total. The van der Waals surface area contributed by atoms with E-state index in [1.54, 1.807) is 0 Å². The largest absolute Gasteiger partial charge is 0.339 e. The summed E-state index contributed by atoms with van der Waals surface area (Å²) in [6.45, 7) is 6.83. The SMILES string of the molecule is CC[C@H]1CCCCN1C(=O)CSc1nc(C)cc(C)c1C#N. The van der Waals surface area contributed by atoms with E-state index in [4.69, 9.17) is 0 Å². The topological polar surface area (TPSA) is 57.0 Å². The van der Waals surface area contributed by atoms with Gasteiger partial charge in [0, 0.05) is 18.3 Å². The second-order valence-electron chi connectivity index (χ2n) is 5.81. The van der Waals surface area contributed by atoms with Crippen molar-refractivity contribution in [2.24, 2.45) is 0 Å². The van der Waals surface area contributed by atoms with Crippen molar-refractivity contribution in [3.8, 4) is 6.07 Å². The number of hydrogen-bond donors (Lipinski definition) is 0. The molecular formula is C17H23N3OS. The maximum atomic E-state index is 12.5. The van der Waals surface area contributed by atoms with Gasteiger partial charge >= 0.3 is 0 Å². The van der Waals surface area contributed by atoms with E-state index in [0.717, 1.165) is 37.1 Å². The first-order chi connectivity index (χ1) is 10.6. The van der Waals surface area contributed by atoms with Crippen molar-refractivity contribution in [1.29, 1.82) is 5.26 Å². The van der Waals surface area contributed by atoms with Crippen LogP contribution in [0.1, 0.15) is 49.4 Å². The number of nitrogens with zero attached hydrogens (tertiary/aromatic N) is 3. The van der Waals surface area contributed by atoms with E-state index in [1.807, 2.05) is 24.8 Å². The lowest BCUT2D eigenvalue weighted by Gasteiger charge is -2.35. The van der Waals surface area contributed by atoms with Crippen LogP contribution in [0.3, 0.4) is 0 Å². The molecule has 0 aliphatic carbocycles. The molecule has 118 valence electrons. The molecule has 1 aromatic heterocycles. The molecule has 22 heavy (non-hydrogen) atoms. The Balaban J connectivity index is 2.07. The van der Waals surface area contributed by atoms with E-state index in [1.165, 1.54) is 18.2 Å². The zero-order valence-corrected chi connectivity index (χ0v) is 14.4. The maximum absolute atomic E-state index is 12.5. The molecule has 1 amide bonds. The highest BCUT2D eigenvalue weighted by molar-refractivity contribution is 8.00. The van der Waals surface area contributed by atoms with Gasteiger partial charge in [-0.15, -0.1) is 0 Å². The number of carbonyl (C=O) groups excluding carboxylic acids is 1. The van der Waals surface area contributed by atoms with Gasteiger partial charge < -0.3 is 4.90 Å². The maximum Gasteiger partial charge on any atom is 0.233 e. The number of aromatic nitrogens is 1. The van der Waals surface area contributed by atoms with Gasteiger partial charge in [-0.2, -0.15) is 5.26 Å². The van der Waals surface area contributed by atoms with Crippen LogP contribution in [0.2, 0.25) is 0 Å². The Hall–Kier alpha value is -1.54. The van der Waals surface area contributed by atoms with Gasteiger partial charge in [0.1, 0.15) is 11.1 Å². The highest BCUT2D eigenvalue weighted by Crippen LogP contribution is 2.26.